The maximum atomic E-state index is 13.4. The van der Waals surface area contributed by atoms with E-state index in [-0.39, 0.29) is 11.7 Å². The Morgan fingerprint density at radius 3 is 2.27 bits per heavy atom. The van der Waals surface area contributed by atoms with E-state index in [9.17, 15) is 9.59 Å². The van der Waals surface area contributed by atoms with Gasteiger partial charge in [0.2, 0.25) is 0 Å². The van der Waals surface area contributed by atoms with E-state index in [4.69, 9.17) is 4.98 Å². The number of amides is 1. The van der Waals surface area contributed by atoms with Gasteiger partial charge in [-0.2, -0.15) is 0 Å². The third-order valence-corrected chi connectivity index (χ3v) is 6.09. The fraction of sp³-hybridized carbons (Fsp3) is 0.160. The van der Waals surface area contributed by atoms with Gasteiger partial charge in [0.05, 0.1) is 16.8 Å². The molecule has 1 aromatic heterocycles. The van der Waals surface area contributed by atoms with Gasteiger partial charge in [-0.1, -0.05) is 66.8 Å². The highest BCUT2D eigenvalue weighted by molar-refractivity contribution is 7.22. The van der Waals surface area contributed by atoms with Crippen molar-refractivity contribution < 1.29 is 9.59 Å². The largest absolute Gasteiger partial charge is 0.295 e. The number of ketones is 1. The lowest BCUT2D eigenvalue weighted by molar-refractivity contribution is 0.0981. The van der Waals surface area contributed by atoms with Gasteiger partial charge < -0.3 is 0 Å². The Labute approximate surface area is 179 Å². The summed E-state index contributed by atoms with van der Waals surface area (Å²) in [6, 6.07) is 22.9. The van der Waals surface area contributed by atoms with Crippen molar-refractivity contribution in [1.29, 1.82) is 0 Å². The van der Waals surface area contributed by atoms with Crippen LogP contribution in [0.25, 0.3) is 10.2 Å². The molecule has 150 valence electrons. The first-order valence-corrected chi connectivity index (χ1v) is 10.7. The van der Waals surface area contributed by atoms with Crippen molar-refractivity contribution >= 4 is 38.4 Å². The summed E-state index contributed by atoms with van der Waals surface area (Å²) in [6.07, 6.45) is 0.957. The summed E-state index contributed by atoms with van der Waals surface area (Å²) in [5, 5.41) is 0.669. The van der Waals surface area contributed by atoms with Crippen LogP contribution in [0.4, 0.5) is 5.13 Å². The molecule has 4 aromatic rings. The molecule has 4 rings (SSSR count). The minimum atomic E-state index is -0.135. The molecule has 0 aliphatic heterocycles. The normalized spacial score (nSPS) is 10.9. The zero-order valence-corrected chi connectivity index (χ0v) is 17.8. The van der Waals surface area contributed by atoms with Crippen LogP contribution in [0.1, 0.15) is 45.7 Å². The highest BCUT2D eigenvalue weighted by Crippen LogP contribution is 2.31. The van der Waals surface area contributed by atoms with Gasteiger partial charge in [-0.05, 0) is 48.7 Å². The summed E-state index contributed by atoms with van der Waals surface area (Å²) < 4.78 is 1.07. The van der Waals surface area contributed by atoms with Crippen LogP contribution >= 0.6 is 11.3 Å². The van der Waals surface area contributed by atoms with Crippen LogP contribution in [-0.2, 0) is 13.0 Å². The molecule has 0 aliphatic rings. The van der Waals surface area contributed by atoms with E-state index < -0.39 is 0 Å². The number of carbonyl (C=O) groups is 2. The van der Waals surface area contributed by atoms with E-state index in [2.05, 4.69) is 19.1 Å². The minimum absolute atomic E-state index is 0.0203. The quantitative estimate of drug-likeness (QED) is 0.369. The molecule has 0 saturated carbocycles. The molecule has 3 aromatic carbocycles. The number of aromatic nitrogens is 1. The van der Waals surface area contributed by atoms with Gasteiger partial charge in [0.15, 0.2) is 10.9 Å². The zero-order chi connectivity index (χ0) is 21.1. The standard InChI is InChI=1S/C25H22N2O2S/c1-3-18-9-14-22-23(15-18)30-25(26-22)27(16-19-7-5-4-6-8-19)24(29)21-12-10-20(11-13-21)17(2)28/h4-15H,3,16H2,1-2H3. The lowest BCUT2D eigenvalue weighted by Crippen LogP contribution is -2.30. The molecular weight excluding hydrogens is 392 g/mol. The van der Waals surface area contributed by atoms with Crippen molar-refractivity contribution in [3.8, 4) is 0 Å². The van der Waals surface area contributed by atoms with Gasteiger partial charge in [-0.3, -0.25) is 14.5 Å². The maximum absolute atomic E-state index is 13.4. The van der Waals surface area contributed by atoms with Crippen LogP contribution in [-0.4, -0.2) is 16.7 Å². The van der Waals surface area contributed by atoms with Crippen LogP contribution in [0, 0.1) is 0 Å². The molecule has 1 heterocycles. The van der Waals surface area contributed by atoms with Crippen molar-refractivity contribution in [3.05, 3.63) is 95.1 Å². The number of Topliss-reactive ketones (excluding diaryl/α,β-unsaturated/α-hetero) is 1. The van der Waals surface area contributed by atoms with Gasteiger partial charge in [-0.15, -0.1) is 0 Å². The second kappa shape index (κ2) is 8.59. The topological polar surface area (TPSA) is 50.3 Å². The molecule has 0 aliphatic carbocycles. The molecule has 0 fully saturated rings. The van der Waals surface area contributed by atoms with Gasteiger partial charge in [0, 0.05) is 11.1 Å². The fourth-order valence-electron chi connectivity index (χ4n) is 3.29. The van der Waals surface area contributed by atoms with Crippen LogP contribution in [0.15, 0.2) is 72.8 Å². The molecular formula is C25H22N2O2S. The number of rotatable bonds is 6. The van der Waals surface area contributed by atoms with E-state index in [1.165, 1.54) is 23.8 Å². The summed E-state index contributed by atoms with van der Waals surface area (Å²) in [7, 11) is 0. The number of hydrogen-bond acceptors (Lipinski definition) is 4. The van der Waals surface area contributed by atoms with Gasteiger partial charge in [0.1, 0.15) is 0 Å². The Hall–Kier alpha value is -3.31. The van der Waals surface area contributed by atoms with Crippen molar-refractivity contribution in [1.82, 2.24) is 4.98 Å². The number of carbonyl (C=O) groups excluding carboxylic acids is 2. The third-order valence-electron chi connectivity index (χ3n) is 5.05. The monoisotopic (exact) mass is 414 g/mol. The van der Waals surface area contributed by atoms with E-state index >= 15 is 0 Å². The molecule has 1 amide bonds. The fourth-order valence-corrected chi connectivity index (χ4v) is 4.31. The molecule has 0 radical (unpaired) electrons. The van der Waals surface area contributed by atoms with Gasteiger partial charge in [-0.25, -0.2) is 4.98 Å². The zero-order valence-electron chi connectivity index (χ0n) is 17.0. The molecule has 4 nitrogen and oxygen atoms in total. The number of nitrogens with zero attached hydrogens (tertiary/aromatic N) is 2. The maximum Gasteiger partial charge on any atom is 0.260 e. The SMILES string of the molecule is CCc1ccc2nc(N(Cc3ccccc3)C(=O)c3ccc(C(C)=O)cc3)sc2c1. The van der Waals surface area contributed by atoms with E-state index in [0.29, 0.717) is 22.8 Å². The Morgan fingerprint density at radius 1 is 0.900 bits per heavy atom. The van der Waals surface area contributed by atoms with Crippen LogP contribution < -0.4 is 4.90 Å². The lowest BCUT2D eigenvalue weighted by atomic mass is 10.1. The van der Waals surface area contributed by atoms with Crippen LogP contribution in [0.5, 0.6) is 0 Å². The number of aryl methyl sites for hydroxylation is 1. The molecule has 0 unspecified atom stereocenters. The Morgan fingerprint density at radius 2 is 1.60 bits per heavy atom. The average Bonchev–Trinajstić information content (AvgIpc) is 3.20. The van der Waals surface area contributed by atoms with Crippen molar-refractivity contribution in [3.63, 3.8) is 0 Å². The minimum Gasteiger partial charge on any atom is -0.295 e. The first kappa shape index (κ1) is 20.0. The molecule has 0 bridgehead atoms. The molecule has 0 atom stereocenters. The molecule has 5 heteroatoms. The van der Waals surface area contributed by atoms with Gasteiger partial charge in [0.25, 0.3) is 5.91 Å². The first-order chi connectivity index (χ1) is 14.5. The number of anilines is 1. The van der Waals surface area contributed by atoms with Crippen LogP contribution in [0.3, 0.4) is 0 Å². The second-order valence-corrected chi connectivity index (χ2v) is 8.17. The van der Waals surface area contributed by atoms with E-state index in [1.54, 1.807) is 29.2 Å². The molecule has 30 heavy (non-hydrogen) atoms. The first-order valence-electron chi connectivity index (χ1n) is 9.91. The number of hydrogen-bond donors (Lipinski definition) is 0. The molecule has 0 N–H and O–H groups in total. The van der Waals surface area contributed by atoms with Crippen LogP contribution in [0.2, 0.25) is 0 Å². The third kappa shape index (κ3) is 4.16. The molecule has 0 spiro atoms. The summed E-state index contributed by atoms with van der Waals surface area (Å²) in [6.45, 7) is 4.07. The Balaban J connectivity index is 1.74. The second-order valence-electron chi connectivity index (χ2n) is 7.16. The summed E-state index contributed by atoms with van der Waals surface area (Å²) in [4.78, 5) is 31.5. The van der Waals surface area contributed by atoms with Gasteiger partial charge >= 0.3 is 0 Å². The van der Waals surface area contributed by atoms with Crippen molar-refractivity contribution in [2.45, 2.75) is 26.8 Å². The predicted octanol–water partition coefficient (Wildman–Crippen LogP) is 5.91. The molecule has 0 saturated heterocycles. The number of thiazole rings is 1. The van der Waals surface area contributed by atoms with E-state index in [0.717, 1.165) is 22.2 Å². The lowest BCUT2D eigenvalue weighted by Gasteiger charge is -2.20. The highest BCUT2D eigenvalue weighted by atomic mass is 32.1. The van der Waals surface area contributed by atoms with Crippen molar-refractivity contribution in [2.24, 2.45) is 0 Å². The number of fused-ring (bicyclic) bond motifs is 1. The Kier molecular flexibility index (Phi) is 5.72. The number of benzene rings is 3. The average molecular weight is 415 g/mol. The predicted molar refractivity (Wildman–Crippen MR) is 122 cm³/mol. The van der Waals surface area contributed by atoms with Crippen molar-refractivity contribution in [2.75, 3.05) is 4.90 Å². The van der Waals surface area contributed by atoms with E-state index in [1.807, 2.05) is 36.4 Å². The summed E-state index contributed by atoms with van der Waals surface area (Å²) in [5.41, 5.74) is 4.29. The highest BCUT2D eigenvalue weighted by Gasteiger charge is 2.22. The summed E-state index contributed by atoms with van der Waals surface area (Å²) in [5.74, 6) is -0.156. The Bertz CT molecular complexity index is 1200. The summed E-state index contributed by atoms with van der Waals surface area (Å²) >= 11 is 1.53. The smallest absolute Gasteiger partial charge is 0.260 e.